The highest BCUT2D eigenvalue weighted by Gasteiger charge is 2.39. The van der Waals surface area contributed by atoms with Gasteiger partial charge in [-0.1, -0.05) is 340 Å². The van der Waals surface area contributed by atoms with Gasteiger partial charge in [0.25, 0.3) is 0 Å². The molecule has 0 fully saturated rings. The van der Waals surface area contributed by atoms with Gasteiger partial charge in [0, 0.05) is 0 Å². The molecule has 12 aromatic carbocycles. The third-order valence-electron chi connectivity index (χ3n) is 17.3. The Morgan fingerprint density at radius 3 is 0.400 bits per heavy atom. The smallest absolute Gasteiger partial charge is 0.140 e. The van der Waals surface area contributed by atoms with E-state index in [1.165, 1.54) is 0 Å². The highest BCUT2D eigenvalue weighted by molar-refractivity contribution is 5.52. The number of hydrogen-bond acceptors (Lipinski definition) is 4. The molecule has 0 amide bonds. The van der Waals surface area contributed by atoms with E-state index in [4.69, 9.17) is 0 Å². The van der Waals surface area contributed by atoms with Crippen LogP contribution < -0.4 is 0 Å². The summed E-state index contributed by atoms with van der Waals surface area (Å²) in [5.41, 5.74) is 7.55. The van der Waals surface area contributed by atoms with Crippen LogP contribution in [0.2, 0.25) is 0 Å². The molecule has 12 aromatic rings. The van der Waals surface area contributed by atoms with E-state index in [0.29, 0.717) is 25.7 Å². The Labute approximate surface area is 500 Å². The Morgan fingerprint density at radius 1 is 0.153 bits per heavy atom. The molecule has 12 rings (SSSR count). The predicted octanol–water partition coefficient (Wildman–Crippen LogP) is 16.1. The quantitative estimate of drug-likeness (QED) is 0.0573. The van der Waals surface area contributed by atoms with E-state index in [1.54, 1.807) is 0 Å². The molecule has 0 bridgehead atoms. The fraction of sp³-hybridized carbons (Fsp3) is 0.111. The predicted molar refractivity (Wildman–Crippen MR) is 343 cm³/mol. The van der Waals surface area contributed by atoms with E-state index in [9.17, 15) is 20.4 Å². The first-order valence-corrected chi connectivity index (χ1v) is 29.3. The highest BCUT2D eigenvalue weighted by Crippen LogP contribution is 2.44. The minimum absolute atomic E-state index is 0.513. The average Bonchev–Trinajstić information content (AvgIpc) is 3.09. The number of rotatable bonds is 20. The van der Waals surface area contributed by atoms with E-state index < -0.39 is 27.8 Å². The highest BCUT2D eigenvalue weighted by atomic mass is 16.3. The van der Waals surface area contributed by atoms with Crippen molar-refractivity contribution < 1.29 is 20.4 Å². The van der Waals surface area contributed by atoms with Crippen LogP contribution in [-0.4, -0.2) is 20.4 Å². The van der Waals surface area contributed by atoms with Crippen molar-refractivity contribution in [2.45, 2.75) is 48.1 Å². The topological polar surface area (TPSA) is 80.9 Å². The molecule has 0 aromatic heterocycles. The molecular weight excluding hydrogens is 1040 g/mol. The summed E-state index contributed by atoms with van der Waals surface area (Å²) in [6.07, 6.45) is 2.56. The van der Waals surface area contributed by atoms with Crippen molar-refractivity contribution in [2.24, 2.45) is 5.41 Å². The summed E-state index contributed by atoms with van der Waals surface area (Å²) in [4.78, 5) is 0. The van der Waals surface area contributed by atoms with Crippen LogP contribution in [0.5, 0.6) is 0 Å². The van der Waals surface area contributed by atoms with Gasteiger partial charge in [0.1, 0.15) is 22.4 Å². The molecule has 0 aliphatic carbocycles. The van der Waals surface area contributed by atoms with Gasteiger partial charge in [0.15, 0.2) is 0 Å². The second-order valence-electron chi connectivity index (χ2n) is 22.8. The summed E-state index contributed by atoms with van der Waals surface area (Å²) in [7, 11) is 0. The van der Waals surface area contributed by atoms with Crippen molar-refractivity contribution in [2.75, 3.05) is 0 Å². The van der Waals surface area contributed by atoms with Gasteiger partial charge in [-0.3, -0.25) is 0 Å². The van der Waals surface area contributed by atoms with Crippen LogP contribution in [0.4, 0.5) is 0 Å². The Hall–Kier alpha value is -9.52. The average molecular weight is 1110 g/mol. The number of hydrogen-bond donors (Lipinski definition) is 4. The Balaban J connectivity index is 0.997. The first-order valence-electron chi connectivity index (χ1n) is 29.3. The lowest BCUT2D eigenvalue weighted by Crippen LogP contribution is -2.33. The molecule has 0 radical (unpaired) electrons. The molecule has 0 saturated carbocycles. The van der Waals surface area contributed by atoms with Gasteiger partial charge in [0.05, 0.1) is 0 Å². The summed E-state index contributed by atoms with van der Waals surface area (Å²) in [6.45, 7) is 0. The molecular formula is C81H68O4. The molecule has 4 nitrogen and oxygen atoms in total. The third kappa shape index (κ3) is 11.3. The lowest BCUT2D eigenvalue weighted by atomic mass is 9.68. The van der Waals surface area contributed by atoms with Gasteiger partial charge in [-0.2, -0.15) is 0 Å². The van der Waals surface area contributed by atoms with Gasteiger partial charge < -0.3 is 20.4 Å². The van der Waals surface area contributed by atoms with Crippen molar-refractivity contribution in [3.8, 4) is 0 Å². The molecule has 0 saturated heterocycles. The summed E-state index contributed by atoms with van der Waals surface area (Å²) >= 11 is 0. The molecule has 0 unspecified atom stereocenters. The monoisotopic (exact) mass is 1100 g/mol. The zero-order valence-electron chi connectivity index (χ0n) is 47.4. The Kier molecular flexibility index (Phi) is 16.0. The summed E-state index contributed by atoms with van der Waals surface area (Å²) in [5.74, 6) is 0. The van der Waals surface area contributed by atoms with Gasteiger partial charge in [0.2, 0.25) is 0 Å². The molecule has 0 aliphatic heterocycles. The minimum Gasteiger partial charge on any atom is -0.376 e. The molecule has 0 heterocycles. The van der Waals surface area contributed by atoms with E-state index >= 15 is 0 Å². The fourth-order valence-corrected chi connectivity index (χ4v) is 13.0. The van der Waals surface area contributed by atoms with Gasteiger partial charge in [-0.15, -0.1) is 0 Å². The van der Waals surface area contributed by atoms with E-state index in [1.807, 2.05) is 243 Å². The second-order valence-corrected chi connectivity index (χ2v) is 22.8. The van der Waals surface area contributed by atoms with Crippen LogP contribution in [0.25, 0.3) is 0 Å². The molecule has 416 valence electrons. The normalized spacial score (nSPS) is 12.2. The summed E-state index contributed by atoms with van der Waals surface area (Å²) in [5, 5.41) is 51.8. The first kappa shape index (κ1) is 56.0. The molecule has 0 atom stereocenters. The number of benzene rings is 12. The van der Waals surface area contributed by atoms with Gasteiger partial charge >= 0.3 is 0 Å². The van der Waals surface area contributed by atoms with Crippen LogP contribution in [0.1, 0.15) is 89.0 Å². The van der Waals surface area contributed by atoms with Crippen molar-refractivity contribution in [3.63, 3.8) is 0 Å². The van der Waals surface area contributed by atoms with Crippen LogP contribution in [0.3, 0.4) is 0 Å². The van der Waals surface area contributed by atoms with Gasteiger partial charge in [-0.25, -0.2) is 0 Å². The van der Waals surface area contributed by atoms with Crippen LogP contribution >= 0.6 is 0 Å². The SMILES string of the molecule is OC(c1ccccc1)(c1ccccc1)c1ccc(CC(Cc2ccc(C(O)(c3ccccc3)c3ccccc3)cc2)(Cc2ccc(C(O)(c3ccccc3)c3ccccc3)cc2)Cc2ccc(C(O)(c3ccccc3)c3ccccc3)cc2)cc1. The first-order chi connectivity index (χ1) is 41.6. The van der Waals surface area contributed by atoms with Crippen molar-refractivity contribution in [3.05, 3.63) is 429 Å². The maximum Gasteiger partial charge on any atom is 0.140 e. The lowest BCUT2D eigenvalue weighted by Gasteiger charge is -2.37. The summed E-state index contributed by atoms with van der Waals surface area (Å²) < 4.78 is 0. The zero-order chi connectivity index (χ0) is 58.2. The molecule has 0 aliphatic rings. The Bertz CT molecular complexity index is 3330. The second kappa shape index (κ2) is 24.4. The van der Waals surface area contributed by atoms with E-state index in [2.05, 4.69) is 97.1 Å². The van der Waals surface area contributed by atoms with Crippen molar-refractivity contribution in [1.82, 2.24) is 0 Å². The zero-order valence-corrected chi connectivity index (χ0v) is 47.4. The van der Waals surface area contributed by atoms with Crippen LogP contribution in [0, 0.1) is 5.41 Å². The molecule has 4 N–H and O–H groups in total. The fourth-order valence-electron chi connectivity index (χ4n) is 13.0. The lowest BCUT2D eigenvalue weighted by molar-refractivity contribution is 0.125. The van der Waals surface area contributed by atoms with E-state index in [0.717, 1.165) is 89.0 Å². The maximum atomic E-state index is 13.0. The summed E-state index contributed by atoms with van der Waals surface area (Å²) in [6, 6.07) is 113. The standard InChI is InChI=1S/C81H68O4/c82-78(65-25-9-1-10-26-65,66-27-11-2-12-28-66)73-49-41-61(42-50-73)57-77(58-62-43-51-74(52-44-62)79(83,67-29-13-3-14-30-67)68-31-15-4-16-32-68,59-63-45-53-75(54-46-63)80(84,69-33-17-5-18-34-69)70-35-19-6-20-36-70)60-64-47-55-76(56-48-64)81(85,71-37-21-7-22-38-71)72-39-23-8-24-40-72/h1-56,82-85H,57-60H2. The van der Waals surface area contributed by atoms with Crippen LogP contribution in [-0.2, 0) is 48.1 Å². The van der Waals surface area contributed by atoms with E-state index in [-0.39, 0.29) is 0 Å². The van der Waals surface area contributed by atoms with Crippen molar-refractivity contribution in [1.29, 1.82) is 0 Å². The third-order valence-corrected chi connectivity index (χ3v) is 17.3. The van der Waals surface area contributed by atoms with Crippen LogP contribution in [0.15, 0.2) is 340 Å². The molecule has 4 heteroatoms. The Morgan fingerprint density at radius 2 is 0.271 bits per heavy atom. The maximum absolute atomic E-state index is 13.0. The molecule has 0 spiro atoms. The largest absolute Gasteiger partial charge is 0.376 e. The minimum atomic E-state index is -1.41. The van der Waals surface area contributed by atoms with Gasteiger partial charge in [-0.05, 0) is 120 Å². The number of aliphatic hydroxyl groups is 4. The molecule has 85 heavy (non-hydrogen) atoms. The van der Waals surface area contributed by atoms with Crippen molar-refractivity contribution >= 4 is 0 Å².